The third-order valence-corrected chi connectivity index (χ3v) is 3.34. The fourth-order valence-electron chi connectivity index (χ4n) is 1.49. The quantitative estimate of drug-likeness (QED) is 0.442. The van der Waals surface area contributed by atoms with Gasteiger partial charge in [-0.05, 0) is 34.1 Å². The SMILES string of the molecule is O=[N+]([O-])c1ccc(Oc2cncc(Br)c2)cc1CBr. The van der Waals surface area contributed by atoms with E-state index in [0.717, 1.165) is 4.47 Å². The number of alkyl halides is 1. The van der Waals surface area contributed by atoms with Crippen molar-refractivity contribution in [3.8, 4) is 11.5 Å². The molecule has 0 aliphatic rings. The first-order valence-corrected chi connectivity index (χ1v) is 7.13. The summed E-state index contributed by atoms with van der Waals surface area (Å²) >= 11 is 6.52. The lowest BCUT2D eigenvalue weighted by Crippen LogP contribution is -1.94. The van der Waals surface area contributed by atoms with Crippen molar-refractivity contribution in [2.45, 2.75) is 5.33 Å². The third-order valence-electron chi connectivity index (χ3n) is 2.31. The van der Waals surface area contributed by atoms with E-state index in [1.54, 1.807) is 30.6 Å². The highest BCUT2D eigenvalue weighted by molar-refractivity contribution is 9.10. The van der Waals surface area contributed by atoms with E-state index in [9.17, 15) is 10.1 Å². The van der Waals surface area contributed by atoms with Gasteiger partial charge in [-0.1, -0.05) is 15.9 Å². The number of nitro benzene ring substituents is 1. The normalized spacial score (nSPS) is 10.2. The maximum absolute atomic E-state index is 10.8. The molecule has 0 saturated carbocycles. The Kier molecular flexibility index (Phi) is 4.49. The number of pyridine rings is 1. The van der Waals surface area contributed by atoms with Gasteiger partial charge in [0.2, 0.25) is 0 Å². The van der Waals surface area contributed by atoms with Crippen LogP contribution in [0.4, 0.5) is 5.69 Å². The minimum Gasteiger partial charge on any atom is -0.456 e. The predicted molar refractivity (Wildman–Crippen MR) is 77.7 cm³/mol. The Balaban J connectivity index is 2.29. The molecule has 1 aromatic heterocycles. The highest BCUT2D eigenvalue weighted by Crippen LogP contribution is 2.29. The van der Waals surface area contributed by atoms with Gasteiger partial charge in [-0.3, -0.25) is 15.1 Å². The van der Waals surface area contributed by atoms with E-state index >= 15 is 0 Å². The number of rotatable bonds is 4. The maximum atomic E-state index is 10.8. The zero-order valence-corrected chi connectivity index (χ0v) is 12.7. The van der Waals surface area contributed by atoms with Crippen molar-refractivity contribution in [2.24, 2.45) is 0 Å². The van der Waals surface area contributed by atoms with Crippen LogP contribution in [-0.4, -0.2) is 9.91 Å². The zero-order chi connectivity index (χ0) is 13.8. The molecule has 0 fully saturated rings. The van der Waals surface area contributed by atoms with Gasteiger partial charge in [-0.15, -0.1) is 0 Å². The minimum absolute atomic E-state index is 0.0663. The third kappa shape index (κ3) is 3.51. The van der Waals surface area contributed by atoms with Gasteiger partial charge >= 0.3 is 0 Å². The van der Waals surface area contributed by atoms with Gasteiger partial charge in [0.05, 0.1) is 11.1 Å². The summed E-state index contributed by atoms with van der Waals surface area (Å²) in [5.74, 6) is 1.09. The number of aromatic nitrogens is 1. The molecule has 0 radical (unpaired) electrons. The van der Waals surface area contributed by atoms with Crippen LogP contribution in [0.15, 0.2) is 41.1 Å². The summed E-state index contributed by atoms with van der Waals surface area (Å²) in [7, 11) is 0. The van der Waals surface area contributed by atoms with Crippen molar-refractivity contribution in [3.05, 3.63) is 56.8 Å². The van der Waals surface area contributed by atoms with Gasteiger partial charge < -0.3 is 4.74 Å². The molecule has 0 atom stereocenters. The Morgan fingerprint density at radius 3 is 2.68 bits per heavy atom. The second-order valence-corrected chi connectivity index (χ2v) is 5.10. The first-order chi connectivity index (χ1) is 9.10. The number of halogens is 2. The van der Waals surface area contributed by atoms with Gasteiger partial charge in [0.15, 0.2) is 0 Å². The summed E-state index contributed by atoms with van der Waals surface area (Å²) in [4.78, 5) is 14.4. The van der Waals surface area contributed by atoms with Crippen molar-refractivity contribution < 1.29 is 9.66 Å². The molecule has 0 unspecified atom stereocenters. The van der Waals surface area contributed by atoms with Crippen molar-refractivity contribution in [1.29, 1.82) is 0 Å². The number of hydrogen-bond donors (Lipinski definition) is 0. The monoisotopic (exact) mass is 386 g/mol. The molecule has 7 heteroatoms. The van der Waals surface area contributed by atoms with E-state index in [0.29, 0.717) is 22.4 Å². The largest absolute Gasteiger partial charge is 0.456 e. The van der Waals surface area contributed by atoms with E-state index in [2.05, 4.69) is 36.8 Å². The Morgan fingerprint density at radius 2 is 2.05 bits per heavy atom. The zero-order valence-electron chi connectivity index (χ0n) is 9.55. The van der Waals surface area contributed by atoms with Gasteiger partial charge in [0.1, 0.15) is 11.5 Å². The van der Waals surface area contributed by atoms with Crippen molar-refractivity contribution in [1.82, 2.24) is 4.98 Å². The van der Waals surface area contributed by atoms with Crippen molar-refractivity contribution in [2.75, 3.05) is 0 Å². The van der Waals surface area contributed by atoms with E-state index in [-0.39, 0.29) is 5.69 Å². The molecule has 0 bridgehead atoms. The lowest BCUT2D eigenvalue weighted by atomic mass is 10.2. The molecule has 0 amide bonds. The lowest BCUT2D eigenvalue weighted by molar-refractivity contribution is -0.385. The van der Waals surface area contributed by atoms with Crippen LogP contribution >= 0.6 is 31.9 Å². The van der Waals surface area contributed by atoms with Gasteiger partial charge in [-0.25, -0.2) is 0 Å². The molecule has 0 aliphatic carbocycles. The fraction of sp³-hybridized carbons (Fsp3) is 0.0833. The van der Waals surface area contributed by atoms with Crippen LogP contribution in [0.1, 0.15) is 5.56 Å². The van der Waals surface area contributed by atoms with Gasteiger partial charge in [0, 0.05) is 27.6 Å². The number of hydrogen-bond acceptors (Lipinski definition) is 4. The summed E-state index contributed by atoms with van der Waals surface area (Å²) in [6.07, 6.45) is 3.21. The van der Waals surface area contributed by atoms with Crippen LogP contribution in [0.25, 0.3) is 0 Å². The Labute approximate surface area is 126 Å². The number of benzene rings is 1. The minimum atomic E-state index is -0.416. The molecule has 19 heavy (non-hydrogen) atoms. The average Bonchev–Trinajstić information content (AvgIpc) is 2.38. The van der Waals surface area contributed by atoms with Crippen LogP contribution in [0, 0.1) is 10.1 Å². The standard InChI is InChI=1S/C12H8Br2N2O3/c13-5-8-3-10(1-2-12(8)16(17)18)19-11-4-9(14)6-15-7-11/h1-4,6-7H,5H2. The molecule has 0 saturated heterocycles. The Hall–Kier alpha value is -1.47. The molecule has 2 rings (SSSR count). The van der Waals surface area contributed by atoms with Crippen molar-refractivity contribution >= 4 is 37.5 Å². The highest BCUT2D eigenvalue weighted by Gasteiger charge is 2.13. The summed E-state index contributed by atoms with van der Waals surface area (Å²) in [6.45, 7) is 0. The molecular weight excluding hydrogens is 380 g/mol. The smallest absolute Gasteiger partial charge is 0.273 e. The Morgan fingerprint density at radius 1 is 1.26 bits per heavy atom. The van der Waals surface area contributed by atoms with E-state index in [4.69, 9.17) is 4.74 Å². The molecular formula is C12H8Br2N2O3. The van der Waals surface area contributed by atoms with Gasteiger partial charge in [0.25, 0.3) is 5.69 Å². The maximum Gasteiger partial charge on any atom is 0.273 e. The van der Waals surface area contributed by atoms with Crippen LogP contribution in [0.2, 0.25) is 0 Å². The molecule has 0 N–H and O–H groups in total. The number of ether oxygens (including phenoxy) is 1. The fourth-order valence-corrected chi connectivity index (χ4v) is 2.29. The molecule has 98 valence electrons. The number of nitrogens with zero attached hydrogens (tertiary/aromatic N) is 2. The second-order valence-electron chi connectivity index (χ2n) is 3.62. The van der Waals surface area contributed by atoms with Crippen LogP contribution < -0.4 is 4.74 Å². The lowest BCUT2D eigenvalue weighted by Gasteiger charge is -2.07. The summed E-state index contributed by atoms with van der Waals surface area (Å²) < 4.78 is 6.40. The molecule has 1 heterocycles. The molecule has 0 aliphatic heterocycles. The predicted octanol–water partition coefficient (Wildman–Crippen LogP) is 4.44. The van der Waals surface area contributed by atoms with Crippen LogP contribution in [-0.2, 0) is 5.33 Å². The number of nitro groups is 1. The van der Waals surface area contributed by atoms with Crippen LogP contribution in [0.3, 0.4) is 0 Å². The van der Waals surface area contributed by atoms with E-state index in [1.807, 2.05) is 0 Å². The molecule has 5 nitrogen and oxygen atoms in total. The topological polar surface area (TPSA) is 65.3 Å². The first-order valence-electron chi connectivity index (χ1n) is 5.22. The van der Waals surface area contributed by atoms with E-state index in [1.165, 1.54) is 6.07 Å². The van der Waals surface area contributed by atoms with Crippen molar-refractivity contribution in [3.63, 3.8) is 0 Å². The summed E-state index contributed by atoms with van der Waals surface area (Å²) in [5, 5.41) is 11.2. The van der Waals surface area contributed by atoms with Gasteiger partial charge in [-0.2, -0.15) is 0 Å². The summed E-state index contributed by atoms with van der Waals surface area (Å²) in [6, 6.07) is 6.39. The molecule has 1 aromatic carbocycles. The molecule has 0 spiro atoms. The van der Waals surface area contributed by atoms with Crippen LogP contribution in [0.5, 0.6) is 11.5 Å². The highest BCUT2D eigenvalue weighted by atomic mass is 79.9. The average molecular weight is 388 g/mol. The molecule has 2 aromatic rings. The first kappa shape index (κ1) is 14.0. The Bertz CT molecular complexity index is 620. The van der Waals surface area contributed by atoms with E-state index < -0.39 is 4.92 Å². The summed E-state index contributed by atoms with van der Waals surface area (Å²) in [5.41, 5.74) is 0.627. The second kappa shape index (κ2) is 6.12.